The Kier molecular flexibility index (Phi) is 5.63. The molecule has 1 aromatic carbocycles. The van der Waals surface area contributed by atoms with Crippen LogP contribution in [-0.4, -0.2) is 42.5 Å². The van der Waals surface area contributed by atoms with E-state index in [1.807, 2.05) is 0 Å². The summed E-state index contributed by atoms with van der Waals surface area (Å²) in [7, 11) is 0. The summed E-state index contributed by atoms with van der Waals surface area (Å²) in [5.74, 6) is 1.83. The molecule has 0 radical (unpaired) electrons. The number of nitrogens with one attached hydrogen (secondary N) is 2. The van der Waals surface area contributed by atoms with Crippen molar-refractivity contribution in [1.82, 2.24) is 9.97 Å². The van der Waals surface area contributed by atoms with Crippen molar-refractivity contribution in [2.45, 2.75) is 25.3 Å². The van der Waals surface area contributed by atoms with Crippen molar-refractivity contribution in [3.63, 3.8) is 0 Å². The van der Waals surface area contributed by atoms with Crippen molar-refractivity contribution in [2.75, 3.05) is 37.9 Å². The highest BCUT2D eigenvalue weighted by Gasteiger charge is 2.20. The number of nitrogens with zero attached hydrogens (tertiary/aromatic N) is 2. The summed E-state index contributed by atoms with van der Waals surface area (Å²) in [5, 5.41) is 4.75. The maximum absolute atomic E-state index is 5.48. The van der Waals surface area contributed by atoms with Crippen molar-refractivity contribution in [1.29, 1.82) is 0 Å². The van der Waals surface area contributed by atoms with Gasteiger partial charge in [-0.3, -0.25) is 0 Å². The van der Waals surface area contributed by atoms with Gasteiger partial charge in [-0.05, 0) is 37.8 Å². The molecule has 0 spiro atoms. The molecule has 2 N–H and O–H groups in total. The normalized spacial score (nSPS) is 15.4. The number of aryl methyl sites for hydroxylation is 2. The molecule has 1 aliphatic heterocycles. The van der Waals surface area contributed by atoms with E-state index in [9.17, 15) is 0 Å². The van der Waals surface area contributed by atoms with Gasteiger partial charge in [0, 0.05) is 9.77 Å². The second-order valence-corrected chi connectivity index (χ2v) is 8.87. The molecule has 0 amide bonds. The van der Waals surface area contributed by atoms with Crippen LogP contribution >= 0.6 is 23.1 Å². The lowest BCUT2D eigenvalue weighted by molar-refractivity contribution is -0.922. The molecule has 7 heteroatoms. The smallest absolute Gasteiger partial charge is 0.187 e. The van der Waals surface area contributed by atoms with E-state index in [1.54, 1.807) is 23.1 Å². The Bertz CT molecular complexity index is 951. The Balaban J connectivity index is 1.74. The lowest BCUT2D eigenvalue weighted by Crippen LogP contribution is -3.12. The molecule has 3 aromatic rings. The lowest BCUT2D eigenvalue weighted by atomic mass is 10.2. The first kappa shape index (κ1) is 18.7. The Morgan fingerprint density at radius 3 is 2.74 bits per heavy atom. The molecule has 4 rings (SSSR count). The number of quaternary nitrogens is 1. The predicted molar refractivity (Wildman–Crippen MR) is 114 cm³/mol. The van der Waals surface area contributed by atoms with Gasteiger partial charge in [-0.1, -0.05) is 12.1 Å². The summed E-state index contributed by atoms with van der Waals surface area (Å²) in [6.07, 6.45) is 2.10. The molecule has 3 heterocycles. The van der Waals surface area contributed by atoms with Crippen molar-refractivity contribution in [3.8, 4) is 0 Å². The van der Waals surface area contributed by atoms with Gasteiger partial charge in [0.2, 0.25) is 0 Å². The van der Waals surface area contributed by atoms with Crippen LogP contribution in [0, 0.1) is 13.8 Å². The minimum Gasteiger partial charge on any atom is -0.370 e. The maximum Gasteiger partial charge on any atom is 0.187 e. The topological polar surface area (TPSA) is 51.5 Å². The van der Waals surface area contributed by atoms with Crippen LogP contribution in [0.25, 0.3) is 10.2 Å². The number of thiophene rings is 1. The first-order chi connectivity index (χ1) is 13.2. The molecule has 1 aliphatic rings. The summed E-state index contributed by atoms with van der Waals surface area (Å²) in [6.45, 7) is 8.84. The van der Waals surface area contributed by atoms with Gasteiger partial charge < -0.3 is 15.0 Å². The summed E-state index contributed by atoms with van der Waals surface area (Å²) >= 11 is 3.50. The van der Waals surface area contributed by atoms with E-state index >= 15 is 0 Å². The first-order valence-corrected chi connectivity index (χ1v) is 11.3. The number of thioether (sulfide) groups is 1. The fourth-order valence-corrected chi connectivity index (χ4v) is 5.00. The number of fused-ring (bicyclic) bond motifs is 1. The standard InChI is InChI=1S/C20H24N4OS2/c1-13-14(2)27-20-18(13)19(21-15-6-4-5-7-16(15)26-3)22-17(23-20)12-24-8-10-25-11-9-24/h4-7H,8-12H2,1-3H3,(H,21,22,23)/p+1. The summed E-state index contributed by atoms with van der Waals surface area (Å²) in [4.78, 5) is 14.9. The van der Waals surface area contributed by atoms with Crippen LogP contribution in [0.2, 0.25) is 0 Å². The zero-order valence-corrected chi connectivity index (χ0v) is 17.6. The van der Waals surface area contributed by atoms with Crippen LogP contribution in [-0.2, 0) is 11.3 Å². The monoisotopic (exact) mass is 401 g/mol. The number of hydrogen-bond donors (Lipinski definition) is 2. The van der Waals surface area contributed by atoms with E-state index < -0.39 is 0 Å². The fraction of sp³-hybridized carbons (Fsp3) is 0.400. The average Bonchev–Trinajstić information content (AvgIpc) is 2.97. The Labute approximate surface area is 168 Å². The minimum atomic E-state index is 0.820. The Hall–Kier alpha value is -1.67. The quantitative estimate of drug-likeness (QED) is 0.643. The first-order valence-electron chi connectivity index (χ1n) is 9.23. The number of ether oxygens (including phenoxy) is 1. The Morgan fingerprint density at radius 1 is 1.19 bits per heavy atom. The number of para-hydroxylation sites is 1. The molecule has 142 valence electrons. The van der Waals surface area contributed by atoms with Crippen LogP contribution in [0.15, 0.2) is 29.2 Å². The Morgan fingerprint density at radius 2 is 1.96 bits per heavy atom. The van der Waals surface area contributed by atoms with Crippen molar-refractivity contribution in [3.05, 3.63) is 40.5 Å². The summed E-state index contributed by atoms with van der Waals surface area (Å²) in [6, 6.07) is 8.38. The molecule has 0 saturated carbocycles. The lowest BCUT2D eigenvalue weighted by Gasteiger charge is -2.23. The van der Waals surface area contributed by atoms with Crippen LogP contribution in [0.3, 0.4) is 0 Å². The van der Waals surface area contributed by atoms with E-state index in [1.165, 1.54) is 20.2 Å². The van der Waals surface area contributed by atoms with Crippen molar-refractivity contribution >= 4 is 44.8 Å². The fourth-order valence-electron chi connectivity index (χ4n) is 3.40. The summed E-state index contributed by atoms with van der Waals surface area (Å²) in [5.41, 5.74) is 2.36. The molecule has 1 saturated heterocycles. The zero-order chi connectivity index (χ0) is 18.8. The van der Waals surface area contributed by atoms with Crippen molar-refractivity contribution in [2.24, 2.45) is 0 Å². The van der Waals surface area contributed by atoms with Gasteiger partial charge in [-0.15, -0.1) is 23.1 Å². The van der Waals surface area contributed by atoms with Crippen molar-refractivity contribution < 1.29 is 9.64 Å². The van der Waals surface area contributed by atoms with E-state index in [0.717, 1.165) is 60.4 Å². The average molecular weight is 402 g/mol. The molecule has 0 unspecified atom stereocenters. The van der Waals surface area contributed by atoms with Gasteiger partial charge in [-0.2, -0.15) is 0 Å². The van der Waals surface area contributed by atoms with E-state index in [4.69, 9.17) is 14.7 Å². The van der Waals surface area contributed by atoms with Crippen LogP contribution < -0.4 is 10.2 Å². The number of anilines is 2. The van der Waals surface area contributed by atoms with Gasteiger partial charge in [0.15, 0.2) is 5.82 Å². The molecular formula is C20H25N4OS2+. The van der Waals surface area contributed by atoms with Crippen LogP contribution in [0.1, 0.15) is 16.3 Å². The van der Waals surface area contributed by atoms with Crippen LogP contribution in [0.5, 0.6) is 0 Å². The number of aromatic nitrogens is 2. The predicted octanol–water partition coefficient (Wildman–Crippen LogP) is 3.19. The largest absolute Gasteiger partial charge is 0.370 e. The third kappa shape index (κ3) is 3.96. The third-order valence-corrected chi connectivity index (χ3v) is 6.94. The molecule has 0 aliphatic carbocycles. The molecule has 5 nitrogen and oxygen atoms in total. The molecular weight excluding hydrogens is 376 g/mol. The van der Waals surface area contributed by atoms with Gasteiger partial charge in [-0.25, -0.2) is 9.97 Å². The molecule has 0 atom stereocenters. The van der Waals surface area contributed by atoms with Gasteiger partial charge in [0.05, 0.1) is 24.3 Å². The van der Waals surface area contributed by atoms with Gasteiger partial charge >= 0.3 is 0 Å². The number of hydrogen-bond acceptors (Lipinski definition) is 6. The molecule has 1 fully saturated rings. The minimum absolute atomic E-state index is 0.820. The molecule has 27 heavy (non-hydrogen) atoms. The van der Waals surface area contributed by atoms with E-state index in [0.29, 0.717) is 0 Å². The molecule has 2 aromatic heterocycles. The second-order valence-electron chi connectivity index (χ2n) is 6.82. The third-order valence-electron chi connectivity index (χ3n) is 5.04. The number of morpholine rings is 1. The van der Waals surface area contributed by atoms with Gasteiger partial charge in [0.25, 0.3) is 0 Å². The number of rotatable bonds is 5. The molecule has 0 bridgehead atoms. The second kappa shape index (κ2) is 8.14. The maximum atomic E-state index is 5.48. The summed E-state index contributed by atoms with van der Waals surface area (Å²) < 4.78 is 5.48. The van der Waals surface area contributed by atoms with Gasteiger partial charge in [0.1, 0.15) is 30.3 Å². The SMILES string of the molecule is CSc1ccccc1Nc1nc(C[NH+]2CCOCC2)nc2sc(C)c(C)c12. The zero-order valence-electron chi connectivity index (χ0n) is 16.0. The highest BCUT2D eigenvalue weighted by atomic mass is 32.2. The number of benzene rings is 1. The van der Waals surface area contributed by atoms with E-state index in [-0.39, 0.29) is 0 Å². The highest BCUT2D eigenvalue weighted by molar-refractivity contribution is 7.98. The van der Waals surface area contributed by atoms with Crippen LogP contribution in [0.4, 0.5) is 11.5 Å². The highest BCUT2D eigenvalue weighted by Crippen LogP contribution is 2.36. The van der Waals surface area contributed by atoms with E-state index in [2.05, 4.69) is 49.7 Å².